The fourth-order valence-electron chi connectivity index (χ4n) is 3.48. The molecular formula is C30H33IN4O6. The predicted octanol–water partition coefficient (Wildman–Crippen LogP) is 5.15. The molecule has 10 nitrogen and oxygen atoms in total. The first-order valence-corrected chi connectivity index (χ1v) is 14.3. The molecule has 0 aromatic heterocycles. The number of rotatable bonds is 13. The number of hydrogen-bond acceptors (Lipinski definition) is 7. The van der Waals surface area contributed by atoms with Crippen LogP contribution in [0.4, 0.5) is 11.4 Å². The molecule has 0 atom stereocenters. The van der Waals surface area contributed by atoms with Crippen molar-refractivity contribution in [3.63, 3.8) is 0 Å². The van der Waals surface area contributed by atoms with Gasteiger partial charge in [-0.05, 0) is 102 Å². The molecule has 0 spiro atoms. The van der Waals surface area contributed by atoms with Gasteiger partial charge in [0.15, 0.2) is 18.1 Å². The molecule has 11 heteroatoms. The number of nitrogens with one attached hydrogen (secondary N) is 3. The number of anilines is 2. The van der Waals surface area contributed by atoms with Crippen molar-refractivity contribution in [3.8, 4) is 17.2 Å². The highest BCUT2D eigenvalue weighted by Gasteiger charge is 2.15. The van der Waals surface area contributed by atoms with Crippen LogP contribution in [0.15, 0.2) is 65.8 Å². The van der Waals surface area contributed by atoms with E-state index in [9.17, 15) is 14.4 Å². The van der Waals surface area contributed by atoms with Gasteiger partial charge in [-0.15, -0.1) is 0 Å². The number of carbonyl (C=O) groups is 3. The van der Waals surface area contributed by atoms with E-state index in [1.54, 1.807) is 36.4 Å². The van der Waals surface area contributed by atoms with Crippen LogP contribution in [0.2, 0.25) is 0 Å². The number of aryl methyl sites for hydroxylation is 1. The molecule has 0 fully saturated rings. The lowest BCUT2D eigenvalue weighted by atomic mass is 10.1. The van der Waals surface area contributed by atoms with E-state index in [4.69, 9.17) is 14.2 Å². The van der Waals surface area contributed by atoms with Crippen molar-refractivity contribution in [1.29, 1.82) is 0 Å². The van der Waals surface area contributed by atoms with E-state index in [1.807, 2.05) is 38.1 Å². The Morgan fingerprint density at radius 1 is 0.854 bits per heavy atom. The van der Waals surface area contributed by atoms with Gasteiger partial charge in [0.25, 0.3) is 5.91 Å². The lowest BCUT2D eigenvalue weighted by Gasteiger charge is -2.14. The summed E-state index contributed by atoms with van der Waals surface area (Å²) in [6.45, 7) is 6.66. The number of amides is 3. The van der Waals surface area contributed by atoms with E-state index in [-0.39, 0.29) is 12.5 Å². The highest BCUT2D eigenvalue weighted by molar-refractivity contribution is 14.1. The minimum absolute atomic E-state index is 0.210. The fraction of sp³-hybridized carbons (Fsp3) is 0.267. The number of benzene rings is 3. The zero-order chi connectivity index (χ0) is 29.6. The molecule has 0 saturated carbocycles. The Kier molecular flexibility index (Phi) is 12.4. The van der Waals surface area contributed by atoms with Gasteiger partial charge in [-0.25, -0.2) is 5.43 Å². The van der Waals surface area contributed by atoms with Crippen molar-refractivity contribution < 1.29 is 28.6 Å². The summed E-state index contributed by atoms with van der Waals surface area (Å²) in [4.78, 5) is 36.9. The quantitative estimate of drug-likeness (QED) is 0.0999. The lowest BCUT2D eigenvalue weighted by Crippen LogP contribution is -2.32. The number of hydrogen-bond donors (Lipinski definition) is 3. The van der Waals surface area contributed by atoms with Crippen molar-refractivity contribution in [2.24, 2.45) is 5.10 Å². The zero-order valence-electron chi connectivity index (χ0n) is 23.2. The third-order valence-corrected chi connectivity index (χ3v) is 6.30. The molecule has 3 amide bonds. The molecule has 0 radical (unpaired) electrons. The summed E-state index contributed by atoms with van der Waals surface area (Å²) in [6, 6.07) is 17.8. The maximum atomic E-state index is 12.4. The van der Waals surface area contributed by atoms with E-state index in [0.29, 0.717) is 51.0 Å². The molecule has 216 valence electrons. The van der Waals surface area contributed by atoms with Gasteiger partial charge < -0.3 is 24.8 Å². The normalized spacial score (nSPS) is 10.6. The first-order chi connectivity index (χ1) is 19.8. The molecule has 3 aromatic carbocycles. The summed E-state index contributed by atoms with van der Waals surface area (Å²) in [6.07, 6.45) is 3.19. The fourth-order valence-corrected chi connectivity index (χ4v) is 4.26. The van der Waals surface area contributed by atoms with Gasteiger partial charge in [0.1, 0.15) is 5.75 Å². The zero-order valence-corrected chi connectivity index (χ0v) is 25.3. The molecule has 0 saturated heterocycles. The molecule has 41 heavy (non-hydrogen) atoms. The second-order valence-electron chi connectivity index (χ2n) is 8.68. The Balaban J connectivity index is 1.56. The maximum Gasteiger partial charge on any atom is 0.329 e. The van der Waals surface area contributed by atoms with E-state index < -0.39 is 11.8 Å². The van der Waals surface area contributed by atoms with Crippen LogP contribution in [-0.4, -0.2) is 43.8 Å². The van der Waals surface area contributed by atoms with E-state index in [1.165, 1.54) is 11.8 Å². The predicted molar refractivity (Wildman–Crippen MR) is 167 cm³/mol. The van der Waals surface area contributed by atoms with Gasteiger partial charge in [-0.1, -0.05) is 26.0 Å². The standard InChI is InChI=1S/C30H33IN4O6/c1-4-15-40-24-13-11-23(12-14-24)34-29(37)30(38)35-32-18-21-16-25(31)28(26(17-21)39-6-3)41-19-27(36)33-22-9-7-20(5-2)8-10-22/h7-14,16-18H,4-6,15,19H2,1-3H3,(H,33,36)(H,34,37)(H,35,38)/b32-18-. The molecular weight excluding hydrogens is 639 g/mol. The number of halogens is 1. The summed E-state index contributed by atoms with van der Waals surface area (Å²) in [5.74, 6) is -0.593. The average Bonchev–Trinajstić information content (AvgIpc) is 2.97. The Hall–Kier alpha value is -4.13. The number of carbonyl (C=O) groups excluding carboxylic acids is 3. The lowest BCUT2D eigenvalue weighted by molar-refractivity contribution is -0.136. The van der Waals surface area contributed by atoms with Gasteiger partial charge in [0.05, 0.1) is 23.0 Å². The van der Waals surface area contributed by atoms with Crippen LogP contribution in [0, 0.1) is 3.57 Å². The summed E-state index contributed by atoms with van der Waals surface area (Å²) in [5, 5.41) is 9.21. The second-order valence-corrected chi connectivity index (χ2v) is 9.84. The summed E-state index contributed by atoms with van der Waals surface area (Å²) in [5.41, 5.74) is 5.12. The highest BCUT2D eigenvalue weighted by Crippen LogP contribution is 2.34. The summed E-state index contributed by atoms with van der Waals surface area (Å²) < 4.78 is 17.7. The topological polar surface area (TPSA) is 127 Å². The molecule has 3 N–H and O–H groups in total. The highest BCUT2D eigenvalue weighted by atomic mass is 127. The van der Waals surface area contributed by atoms with Crippen LogP contribution in [0.5, 0.6) is 17.2 Å². The third kappa shape index (κ3) is 10.1. The third-order valence-electron chi connectivity index (χ3n) is 5.50. The Morgan fingerprint density at radius 3 is 2.20 bits per heavy atom. The summed E-state index contributed by atoms with van der Waals surface area (Å²) >= 11 is 2.07. The van der Waals surface area contributed by atoms with Crippen LogP contribution in [0.1, 0.15) is 38.3 Å². The van der Waals surface area contributed by atoms with Crippen LogP contribution in [0.3, 0.4) is 0 Å². The van der Waals surface area contributed by atoms with E-state index in [2.05, 4.69) is 50.7 Å². The first kappa shape index (κ1) is 31.4. The SMILES string of the molecule is CCCOc1ccc(NC(=O)C(=O)N/N=C\c2cc(I)c(OCC(=O)Nc3ccc(CC)cc3)c(OCC)c2)cc1. The van der Waals surface area contributed by atoms with Gasteiger partial charge in [0, 0.05) is 11.4 Å². The van der Waals surface area contributed by atoms with Crippen molar-refractivity contribution >= 4 is 57.9 Å². The van der Waals surface area contributed by atoms with Crippen molar-refractivity contribution in [3.05, 3.63) is 75.4 Å². The molecule has 3 rings (SSSR count). The average molecular weight is 673 g/mol. The molecule has 0 aliphatic carbocycles. The van der Waals surface area contributed by atoms with E-state index >= 15 is 0 Å². The first-order valence-electron chi connectivity index (χ1n) is 13.2. The second kappa shape index (κ2) is 16.2. The van der Waals surface area contributed by atoms with Gasteiger partial charge in [-0.2, -0.15) is 5.10 Å². The minimum atomic E-state index is -0.928. The molecule has 3 aromatic rings. The van der Waals surface area contributed by atoms with Crippen LogP contribution < -0.4 is 30.3 Å². The van der Waals surface area contributed by atoms with Crippen LogP contribution in [0.25, 0.3) is 0 Å². The molecule has 0 aliphatic rings. The molecule has 0 heterocycles. The number of hydrazone groups is 1. The molecule has 0 bridgehead atoms. The minimum Gasteiger partial charge on any atom is -0.494 e. The Labute approximate surface area is 253 Å². The van der Waals surface area contributed by atoms with Crippen molar-refractivity contribution in [2.75, 3.05) is 30.5 Å². The largest absolute Gasteiger partial charge is 0.494 e. The smallest absolute Gasteiger partial charge is 0.329 e. The summed E-state index contributed by atoms with van der Waals surface area (Å²) in [7, 11) is 0. The molecule has 0 aliphatic heterocycles. The van der Waals surface area contributed by atoms with Crippen molar-refractivity contribution in [2.45, 2.75) is 33.6 Å². The number of ether oxygens (including phenoxy) is 3. The van der Waals surface area contributed by atoms with Gasteiger partial charge in [0.2, 0.25) is 0 Å². The monoisotopic (exact) mass is 672 g/mol. The Bertz CT molecular complexity index is 1360. The van der Waals surface area contributed by atoms with Gasteiger partial charge in [-0.3, -0.25) is 14.4 Å². The van der Waals surface area contributed by atoms with Gasteiger partial charge >= 0.3 is 11.8 Å². The molecule has 0 unspecified atom stereocenters. The Morgan fingerprint density at radius 2 is 1.54 bits per heavy atom. The van der Waals surface area contributed by atoms with Crippen molar-refractivity contribution in [1.82, 2.24) is 5.43 Å². The van der Waals surface area contributed by atoms with Crippen LogP contribution in [-0.2, 0) is 20.8 Å². The van der Waals surface area contributed by atoms with Crippen LogP contribution >= 0.6 is 22.6 Å². The number of nitrogens with zero attached hydrogens (tertiary/aromatic N) is 1. The van der Waals surface area contributed by atoms with E-state index in [0.717, 1.165) is 12.8 Å². The maximum absolute atomic E-state index is 12.4.